The maximum atomic E-state index is 10.4. The highest BCUT2D eigenvalue weighted by Crippen LogP contribution is 2.27. The minimum Gasteiger partial charge on any atom is -0.389 e. The predicted octanol–water partition coefficient (Wildman–Crippen LogP) is 1.90. The van der Waals surface area contributed by atoms with Crippen LogP contribution in [0.25, 0.3) is 0 Å². The number of benzene rings is 1. The minimum absolute atomic E-state index is 0.356. The molecule has 1 fully saturated rings. The van der Waals surface area contributed by atoms with Gasteiger partial charge in [0.25, 0.3) is 0 Å². The van der Waals surface area contributed by atoms with Crippen LogP contribution in [0.1, 0.15) is 43.8 Å². The lowest BCUT2D eigenvalue weighted by molar-refractivity contribution is -0.0000526. The highest BCUT2D eigenvalue weighted by atomic mass is 16.3. The number of aliphatic hydroxyl groups is 2. The molecular weight excluding hydrogens is 252 g/mol. The number of aliphatic hydroxyl groups excluding tert-OH is 1. The third kappa shape index (κ3) is 3.80. The van der Waals surface area contributed by atoms with E-state index in [9.17, 15) is 15.5 Å². The van der Waals surface area contributed by atoms with Crippen molar-refractivity contribution in [3.63, 3.8) is 0 Å². The fraction of sp³-hybridized carbons (Fsp3) is 0.562. The van der Waals surface area contributed by atoms with Gasteiger partial charge < -0.3 is 10.2 Å². The van der Waals surface area contributed by atoms with Crippen molar-refractivity contribution in [3.05, 3.63) is 35.9 Å². The summed E-state index contributed by atoms with van der Waals surface area (Å²) < 4.78 is 0. The van der Waals surface area contributed by atoms with Gasteiger partial charge in [0, 0.05) is 6.54 Å². The Balaban J connectivity index is 1.94. The van der Waals surface area contributed by atoms with Crippen LogP contribution in [0.4, 0.5) is 0 Å². The van der Waals surface area contributed by atoms with Gasteiger partial charge >= 0.3 is 0 Å². The van der Waals surface area contributed by atoms with Gasteiger partial charge in [-0.05, 0) is 18.4 Å². The topological polar surface area (TPSA) is 76.3 Å². The average Bonchev–Trinajstić information content (AvgIpc) is 2.49. The molecular formula is C16H22N2O2. The first-order chi connectivity index (χ1) is 9.64. The van der Waals surface area contributed by atoms with E-state index in [1.54, 1.807) is 12.1 Å². The highest BCUT2D eigenvalue weighted by Gasteiger charge is 2.31. The lowest BCUT2D eigenvalue weighted by Gasteiger charge is -2.33. The van der Waals surface area contributed by atoms with Gasteiger partial charge in [-0.2, -0.15) is 5.26 Å². The number of nitriles is 1. The molecule has 0 aliphatic heterocycles. The molecule has 1 aromatic rings. The number of nitrogens with zero attached hydrogens (tertiary/aromatic N) is 1. The Labute approximate surface area is 120 Å². The second-order valence-electron chi connectivity index (χ2n) is 5.63. The summed E-state index contributed by atoms with van der Waals surface area (Å²) in [6, 6.07) is 10.5. The molecule has 3 N–H and O–H groups in total. The summed E-state index contributed by atoms with van der Waals surface area (Å²) in [5.74, 6) is 0. The van der Waals surface area contributed by atoms with Gasteiger partial charge in [0.15, 0.2) is 0 Å². The van der Waals surface area contributed by atoms with Crippen LogP contribution in [0, 0.1) is 11.3 Å². The molecule has 0 spiro atoms. The fourth-order valence-corrected chi connectivity index (χ4v) is 2.76. The smallest absolute Gasteiger partial charge is 0.126 e. The van der Waals surface area contributed by atoms with Crippen LogP contribution in [0.5, 0.6) is 0 Å². The van der Waals surface area contributed by atoms with Crippen molar-refractivity contribution in [2.45, 2.75) is 49.9 Å². The number of nitrogens with one attached hydrogen (secondary N) is 1. The van der Waals surface area contributed by atoms with Gasteiger partial charge in [0.2, 0.25) is 0 Å². The van der Waals surface area contributed by atoms with Crippen LogP contribution < -0.4 is 5.32 Å². The minimum atomic E-state index is -0.881. The number of hydrogen-bond acceptors (Lipinski definition) is 4. The molecule has 0 unspecified atom stereocenters. The van der Waals surface area contributed by atoms with E-state index in [-0.39, 0.29) is 0 Å². The molecule has 2 rings (SSSR count). The highest BCUT2D eigenvalue weighted by molar-refractivity contribution is 5.21. The lowest BCUT2D eigenvalue weighted by atomic mass is 9.84. The summed E-state index contributed by atoms with van der Waals surface area (Å²) in [6.45, 7) is 0.356. The van der Waals surface area contributed by atoms with E-state index < -0.39 is 17.7 Å². The van der Waals surface area contributed by atoms with Crippen molar-refractivity contribution in [3.8, 4) is 6.07 Å². The Hall–Kier alpha value is -1.41. The molecule has 0 aromatic heterocycles. The normalized spacial score (nSPS) is 20.9. The molecule has 0 saturated heterocycles. The van der Waals surface area contributed by atoms with Gasteiger partial charge in [-0.1, -0.05) is 49.6 Å². The van der Waals surface area contributed by atoms with Crippen LogP contribution in [-0.2, 0) is 0 Å². The second kappa shape index (κ2) is 6.85. The summed E-state index contributed by atoms with van der Waals surface area (Å²) in [5.41, 5.74) is -0.0220. The zero-order chi connectivity index (χ0) is 14.4. The molecule has 0 radical (unpaired) electrons. The molecule has 1 aliphatic rings. The molecule has 20 heavy (non-hydrogen) atoms. The quantitative estimate of drug-likeness (QED) is 0.766. The van der Waals surface area contributed by atoms with Crippen molar-refractivity contribution >= 4 is 0 Å². The Morgan fingerprint density at radius 3 is 2.45 bits per heavy atom. The summed E-state index contributed by atoms with van der Waals surface area (Å²) in [7, 11) is 0. The molecule has 1 aromatic carbocycles. The first-order valence-electron chi connectivity index (χ1n) is 7.23. The van der Waals surface area contributed by atoms with Crippen LogP contribution in [-0.4, -0.2) is 28.4 Å². The third-order valence-corrected chi connectivity index (χ3v) is 4.03. The molecule has 0 amide bonds. The summed E-state index contributed by atoms with van der Waals surface area (Å²) in [4.78, 5) is 0. The molecule has 1 aliphatic carbocycles. The van der Waals surface area contributed by atoms with Crippen molar-refractivity contribution in [2.75, 3.05) is 6.54 Å². The summed E-state index contributed by atoms with van der Waals surface area (Å²) >= 11 is 0. The maximum Gasteiger partial charge on any atom is 0.126 e. The van der Waals surface area contributed by atoms with E-state index in [0.29, 0.717) is 12.1 Å². The third-order valence-electron chi connectivity index (χ3n) is 4.03. The van der Waals surface area contributed by atoms with Crippen molar-refractivity contribution < 1.29 is 10.2 Å². The van der Waals surface area contributed by atoms with Gasteiger partial charge in [-0.25, -0.2) is 0 Å². The number of hydrogen-bond donors (Lipinski definition) is 3. The van der Waals surface area contributed by atoms with E-state index in [1.807, 2.05) is 18.2 Å². The molecule has 0 heterocycles. The van der Waals surface area contributed by atoms with Gasteiger partial charge in [0.1, 0.15) is 12.1 Å². The molecule has 1 saturated carbocycles. The van der Waals surface area contributed by atoms with Crippen molar-refractivity contribution in [1.82, 2.24) is 5.32 Å². The van der Waals surface area contributed by atoms with E-state index in [4.69, 9.17) is 0 Å². The maximum absolute atomic E-state index is 10.4. The second-order valence-corrected chi connectivity index (χ2v) is 5.63. The van der Waals surface area contributed by atoms with E-state index >= 15 is 0 Å². The Kier molecular flexibility index (Phi) is 5.13. The van der Waals surface area contributed by atoms with Crippen LogP contribution >= 0.6 is 0 Å². The number of rotatable bonds is 5. The standard InChI is InChI=1S/C16H22N2O2/c17-11-14(15(19)13-7-3-1-4-8-13)18-12-16(20)9-5-2-6-10-16/h1,3-4,7-8,14-15,18-20H,2,5-6,9-10,12H2/t14-,15-/m1/s1. The largest absolute Gasteiger partial charge is 0.389 e. The molecule has 4 heteroatoms. The van der Waals surface area contributed by atoms with Crippen molar-refractivity contribution in [1.29, 1.82) is 5.26 Å². The fourth-order valence-electron chi connectivity index (χ4n) is 2.76. The predicted molar refractivity (Wildman–Crippen MR) is 76.8 cm³/mol. The summed E-state index contributed by atoms with van der Waals surface area (Å²) in [5, 5.41) is 32.9. The molecule has 4 nitrogen and oxygen atoms in total. The van der Waals surface area contributed by atoms with Gasteiger partial charge in [-0.15, -0.1) is 0 Å². The molecule has 0 bridgehead atoms. The first-order valence-corrected chi connectivity index (χ1v) is 7.23. The first kappa shape index (κ1) is 15.0. The summed E-state index contributed by atoms with van der Waals surface area (Å²) in [6.07, 6.45) is 3.86. The van der Waals surface area contributed by atoms with E-state index in [1.165, 1.54) is 0 Å². The van der Waals surface area contributed by atoms with E-state index in [0.717, 1.165) is 32.1 Å². The van der Waals surface area contributed by atoms with Gasteiger partial charge in [0.05, 0.1) is 11.7 Å². The van der Waals surface area contributed by atoms with Crippen LogP contribution in [0.2, 0.25) is 0 Å². The zero-order valence-corrected chi connectivity index (χ0v) is 11.6. The zero-order valence-electron chi connectivity index (χ0n) is 11.6. The Bertz CT molecular complexity index is 449. The monoisotopic (exact) mass is 274 g/mol. The van der Waals surface area contributed by atoms with Crippen LogP contribution in [0.15, 0.2) is 30.3 Å². The average molecular weight is 274 g/mol. The van der Waals surface area contributed by atoms with Crippen molar-refractivity contribution in [2.24, 2.45) is 0 Å². The molecule has 2 atom stereocenters. The Morgan fingerprint density at radius 2 is 1.85 bits per heavy atom. The SMILES string of the molecule is N#C[C@@H](NCC1(O)CCCCC1)[C@H](O)c1ccccc1. The Morgan fingerprint density at radius 1 is 1.20 bits per heavy atom. The van der Waals surface area contributed by atoms with E-state index in [2.05, 4.69) is 11.4 Å². The van der Waals surface area contributed by atoms with Gasteiger partial charge in [-0.3, -0.25) is 5.32 Å². The lowest BCUT2D eigenvalue weighted by Crippen LogP contribution is -2.47. The molecule has 108 valence electrons. The van der Waals surface area contributed by atoms with Crippen LogP contribution in [0.3, 0.4) is 0 Å².